The van der Waals surface area contributed by atoms with Crippen LogP contribution in [-0.4, -0.2) is 28.1 Å². The maximum Gasteiger partial charge on any atom is 0.329 e. The Balaban J connectivity index is 2.34. The van der Waals surface area contributed by atoms with Crippen LogP contribution in [-0.2, 0) is 16.1 Å². The molecule has 0 aliphatic heterocycles. The number of carbonyl (C=O) groups excluding carboxylic acids is 1. The first kappa shape index (κ1) is 10.1. The van der Waals surface area contributed by atoms with Crippen LogP contribution in [0.5, 0.6) is 0 Å². The van der Waals surface area contributed by atoms with Crippen molar-refractivity contribution in [3.63, 3.8) is 0 Å². The summed E-state index contributed by atoms with van der Waals surface area (Å²) >= 11 is 3.34. The Hall–Kier alpha value is -1.43. The van der Waals surface area contributed by atoms with Crippen molar-refractivity contribution in [1.82, 2.24) is 15.0 Å². The van der Waals surface area contributed by atoms with Gasteiger partial charge in [-0.05, 0) is 18.2 Å². The lowest BCUT2D eigenvalue weighted by Crippen LogP contribution is -2.13. The number of methoxy groups -OCH3 is 1. The molecule has 0 saturated carbocycles. The van der Waals surface area contributed by atoms with E-state index in [-0.39, 0.29) is 12.5 Å². The molecule has 0 aliphatic carbocycles. The summed E-state index contributed by atoms with van der Waals surface area (Å²) in [5.74, 6) is -0.366. The number of fused-ring (bicyclic) bond motifs is 1. The summed E-state index contributed by atoms with van der Waals surface area (Å²) in [6, 6.07) is 5.55. The molecule has 0 fully saturated rings. The van der Waals surface area contributed by atoms with Gasteiger partial charge in [-0.25, -0.2) is 4.79 Å². The van der Waals surface area contributed by atoms with Crippen LogP contribution in [0.1, 0.15) is 0 Å². The van der Waals surface area contributed by atoms with E-state index in [2.05, 4.69) is 30.9 Å². The van der Waals surface area contributed by atoms with Gasteiger partial charge in [0.05, 0.1) is 7.11 Å². The number of rotatable bonds is 2. The Morgan fingerprint density at radius 2 is 2.20 bits per heavy atom. The van der Waals surface area contributed by atoms with E-state index in [1.807, 2.05) is 18.2 Å². The Labute approximate surface area is 94.1 Å². The number of hydrogen-bond donors (Lipinski definition) is 0. The third kappa shape index (κ3) is 2.15. The molecule has 15 heavy (non-hydrogen) atoms. The molecule has 2 rings (SSSR count). The van der Waals surface area contributed by atoms with E-state index in [9.17, 15) is 4.79 Å². The molecular formula is C9H8BrN3O2. The topological polar surface area (TPSA) is 57.0 Å². The molecule has 0 aliphatic rings. The summed E-state index contributed by atoms with van der Waals surface area (Å²) in [6.45, 7) is 0.0306. The van der Waals surface area contributed by atoms with Crippen LogP contribution >= 0.6 is 15.9 Å². The number of nitrogens with zero attached hydrogens (tertiary/aromatic N) is 3. The number of benzene rings is 1. The quantitative estimate of drug-likeness (QED) is 0.773. The van der Waals surface area contributed by atoms with Gasteiger partial charge in [-0.3, -0.25) is 0 Å². The molecule has 78 valence electrons. The highest BCUT2D eigenvalue weighted by atomic mass is 79.9. The van der Waals surface area contributed by atoms with E-state index in [0.717, 1.165) is 15.5 Å². The SMILES string of the molecule is COC(=O)Cn1nc2ccc(Br)cc2n1. The van der Waals surface area contributed by atoms with Crippen LogP contribution in [0.2, 0.25) is 0 Å². The second-order valence-corrected chi connectivity index (χ2v) is 3.86. The van der Waals surface area contributed by atoms with Gasteiger partial charge in [0, 0.05) is 4.47 Å². The van der Waals surface area contributed by atoms with E-state index in [1.54, 1.807) is 0 Å². The van der Waals surface area contributed by atoms with Gasteiger partial charge in [0.25, 0.3) is 0 Å². The van der Waals surface area contributed by atoms with Gasteiger partial charge in [-0.15, -0.1) is 0 Å². The molecule has 0 atom stereocenters. The fraction of sp³-hybridized carbons (Fsp3) is 0.222. The first-order valence-electron chi connectivity index (χ1n) is 4.26. The highest BCUT2D eigenvalue weighted by molar-refractivity contribution is 9.10. The minimum atomic E-state index is -0.366. The van der Waals surface area contributed by atoms with Crippen molar-refractivity contribution < 1.29 is 9.53 Å². The minimum absolute atomic E-state index is 0.0306. The number of carbonyl (C=O) groups is 1. The number of ether oxygens (including phenoxy) is 1. The van der Waals surface area contributed by atoms with Gasteiger partial charge in [0.2, 0.25) is 0 Å². The van der Waals surface area contributed by atoms with Crippen LogP contribution < -0.4 is 0 Å². The lowest BCUT2D eigenvalue weighted by molar-refractivity contribution is -0.141. The zero-order valence-electron chi connectivity index (χ0n) is 7.98. The van der Waals surface area contributed by atoms with Crippen molar-refractivity contribution >= 4 is 32.9 Å². The molecule has 0 N–H and O–H groups in total. The molecule has 0 spiro atoms. The predicted molar refractivity (Wildman–Crippen MR) is 57.2 cm³/mol. The third-order valence-electron chi connectivity index (χ3n) is 1.88. The zero-order chi connectivity index (χ0) is 10.8. The second-order valence-electron chi connectivity index (χ2n) is 2.94. The van der Waals surface area contributed by atoms with Gasteiger partial charge in [-0.2, -0.15) is 15.0 Å². The third-order valence-corrected chi connectivity index (χ3v) is 2.38. The standard InChI is InChI=1S/C9H8BrN3O2/c1-15-9(14)5-13-11-7-3-2-6(10)4-8(7)12-13/h2-4H,5H2,1H3. The van der Waals surface area contributed by atoms with Gasteiger partial charge in [0.15, 0.2) is 6.54 Å². The molecule has 0 radical (unpaired) electrons. The van der Waals surface area contributed by atoms with Crippen molar-refractivity contribution in [2.24, 2.45) is 0 Å². The zero-order valence-corrected chi connectivity index (χ0v) is 9.56. The molecular weight excluding hydrogens is 262 g/mol. The van der Waals surface area contributed by atoms with Crippen molar-refractivity contribution in [3.8, 4) is 0 Å². The summed E-state index contributed by atoms with van der Waals surface area (Å²) in [5, 5.41) is 8.26. The second kappa shape index (κ2) is 3.98. The molecule has 0 amide bonds. The molecule has 0 saturated heterocycles. The Kier molecular flexibility index (Phi) is 2.68. The van der Waals surface area contributed by atoms with E-state index in [4.69, 9.17) is 0 Å². The maximum atomic E-state index is 11.0. The van der Waals surface area contributed by atoms with Crippen LogP contribution in [0, 0.1) is 0 Å². The largest absolute Gasteiger partial charge is 0.468 e. The molecule has 0 bridgehead atoms. The lowest BCUT2D eigenvalue weighted by atomic mass is 10.3. The average Bonchev–Trinajstić information content (AvgIpc) is 2.59. The summed E-state index contributed by atoms with van der Waals surface area (Å²) in [5.41, 5.74) is 1.50. The Bertz CT molecular complexity index is 509. The summed E-state index contributed by atoms with van der Waals surface area (Å²) < 4.78 is 5.46. The van der Waals surface area contributed by atoms with E-state index < -0.39 is 0 Å². The molecule has 1 aromatic heterocycles. The summed E-state index contributed by atoms with van der Waals surface area (Å²) in [6.07, 6.45) is 0. The number of halogens is 1. The number of aromatic nitrogens is 3. The number of hydrogen-bond acceptors (Lipinski definition) is 4. The molecule has 1 heterocycles. The molecule has 0 unspecified atom stereocenters. The molecule has 5 nitrogen and oxygen atoms in total. The lowest BCUT2D eigenvalue weighted by Gasteiger charge is -1.95. The van der Waals surface area contributed by atoms with Crippen molar-refractivity contribution in [2.75, 3.05) is 7.11 Å². The van der Waals surface area contributed by atoms with Gasteiger partial charge >= 0.3 is 5.97 Å². The highest BCUT2D eigenvalue weighted by Crippen LogP contribution is 2.15. The van der Waals surface area contributed by atoms with E-state index >= 15 is 0 Å². The van der Waals surface area contributed by atoms with Gasteiger partial charge in [-0.1, -0.05) is 15.9 Å². The molecule has 1 aromatic carbocycles. The van der Waals surface area contributed by atoms with Crippen molar-refractivity contribution in [2.45, 2.75) is 6.54 Å². The predicted octanol–water partition coefficient (Wildman–Crippen LogP) is 1.37. The maximum absolute atomic E-state index is 11.0. The van der Waals surface area contributed by atoms with E-state index in [0.29, 0.717) is 0 Å². The first-order chi connectivity index (χ1) is 7.19. The van der Waals surface area contributed by atoms with E-state index in [1.165, 1.54) is 11.9 Å². The summed E-state index contributed by atoms with van der Waals surface area (Å²) in [4.78, 5) is 12.3. The van der Waals surface area contributed by atoms with Gasteiger partial charge in [0.1, 0.15) is 11.0 Å². The summed E-state index contributed by atoms with van der Waals surface area (Å²) in [7, 11) is 1.34. The number of esters is 1. The molecule has 2 aromatic rings. The van der Waals surface area contributed by atoms with Crippen LogP contribution in [0.15, 0.2) is 22.7 Å². The van der Waals surface area contributed by atoms with Crippen LogP contribution in [0.25, 0.3) is 11.0 Å². The van der Waals surface area contributed by atoms with Crippen molar-refractivity contribution in [3.05, 3.63) is 22.7 Å². The minimum Gasteiger partial charge on any atom is -0.468 e. The van der Waals surface area contributed by atoms with Crippen molar-refractivity contribution in [1.29, 1.82) is 0 Å². The fourth-order valence-electron chi connectivity index (χ4n) is 1.18. The highest BCUT2D eigenvalue weighted by Gasteiger charge is 2.06. The average molecular weight is 270 g/mol. The monoisotopic (exact) mass is 269 g/mol. The normalized spacial score (nSPS) is 10.5. The van der Waals surface area contributed by atoms with Gasteiger partial charge < -0.3 is 4.74 Å². The Morgan fingerprint density at radius 3 is 2.93 bits per heavy atom. The Morgan fingerprint density at radius 1 is 1.47 bits per heavy atom. The molecule has 6 heteroatoms. The van der Waals surface area contributed by atoms with Crippen LogP contribution in [0.4, 0.5) is 0 Å². The smallest absolute Gasteiger partial charge is 0.329 e. The fourth-order valence-corrected chi connectivity index (χ4v) is 1.53. The van der Waals surface area contributed by atoms with Crippen LogP contribution in [0.3, 0.4) is 0 Å². The first-order valence-corrected chi connectivity index (χ1v) is 5.05.